The zero-order valence-corrected chi connectivity index (χ0v) is 12.9. The number of ether oxygens (including phenoxy) is 1. The van der Waals surface area contributed by atoms with Gasteiger partial charge in [0.25, 0.3) is 0 Å². The molecule has 1 aliphatic rings. The van der Waals surface area contributed by atoms with Gasteiger partial charge in [-0.15, -0.1) is 0 Å². The van der Waals surface area contributed by atoms with Crippen molar-refractivity contribution in [3.05, 3.63) is 29.8 Å². The van der Waals surface area contributed by atoms with Gasteiger partial charge < -0.3 is 10.1 Å². The van der Waals surface area contributed by atoms with E-state index >= 15 is 0 Å². The molecule has 0 amide bonds. The highest BCUT2D eigenvalue weighted by atomic mass is 16.5. The quantitative estimate of drug-likeness (QED) is 0.871. The van der Waals surface area contributed by atoms with E-state index < -0.39 is 0 Å². The third kappa shape index (κ3) is 3.11. The summed E-state index contributed by atoms with van der Waals surface area (Å²) >= 11 is 0. The van der Waals surface area contributed by atoms with Crippen molar-refractivity contribution in [2.24, 2.45) is 5.41 Å². The summed E-state index contributed by atoms with van der Waals surface area (Å²) in [6, 6.07) is 9.12. The zero-order chi connectivity index (χ0) is 14.1. The summed E-state index contributed by atoms with van der Waals surface area (Å²) in [4.78, 5) is 0. The van der Waals surface area contributed by atoms with Crippen LogP contribution < -0.4 is 10.1 Å². The lowest BCUT2D eigenvalue weighted by molar-refractivity contribution is 0.0546. The summed E-state index contributed by atoms with van der Waals surface area (Å²) in [5.41, 5.74) is 2.16. The highest BCUT2D eigenvalue weighted by Gasteiger charge is 2.49. The van der Waals surface area contributed by atoms with Crippen LogP contribution in [-0.4, -0.2) is 19.7 Å². The molecule has 1 saturated carbocycles. The summed E-state index contributed by atoms with van der Waals surface area (Å²) in [5, 5.41) is 3.62. The van der Waals surface area contributed by atoms with Gasteiger partial charge in [0.05, 0.1) is 7.11 Å². The Morgan fingerprint density at radius 2 is 1.95 bits per heavy atom. The Balaban J connectivity index is 2.22. The van der Waals surface area contributed by atoms with Gasteiger partial charge in [-0.2, -0.15) is 0 Å². The van der Waals surface area contributed by atoms with Gasteiger partial charge in [-0.1, -0.05) is 39.8 Å². The molecule has 0 saturated heterocycles. The fourth-order valence-electron chi connectivity index (χ4n) is 3.56. The van der Waals surface area contributed by atoms with Gasteiger partial charge in [-0.3, -0.25) is 0 Å². The fourth-order valence-corrected chi connectivity index (χ4v) is 3.56. The summed E-state index contributed by atoms with van der Waals surface area (Å²) in [5.74, 6) is 0.964. The fraction of sp³-hybridized carbons (Fsp3) is 0.647. The second kappa shape index (κ2) is 5.16. The molecule has 0 heterocycles. The molecule has 0 atom stereocenters. The summed E-state index contributed by atoms with van der Waals surface area (Å²) in [6.07, 6.45) is 2.49. The number of benzene rings is 1. The maximum Gasteiger partial charge on any atom is 0.119 e. The van der Waals surface area contributed by atoms with Crippen LogP contribution in [0.15, 0.2) is 24.3 Å². The summed E-state index contributed by atoms with van der Waals surface area (Å²) < 4.78 is 5.38. The third-order valence-corrected chi connectivity index (χ3v) is 4.16. The molecule has 2 rings (SSSR count). The smallest absolute Gasteiger partial charge is 0.119 e. The van der Waals surface area contributed by atoms with E-state index in [0.717, 1.165) is 12.3 Å². The van der Waals surface area contributed by atoms with Crippen molar-refractivity contribution < 1.29 is 4.74 Å². The average molecular weight is 261 g/mol. The lowest BCUT2D eigenvalue weighted by Crippen LogP contribution is -2.53. The maximum absolute atomic E-state index is 5.38. The van der Waals surface area contributed by atoms with Gasteiger partial charge in [0.2, 0.25) is 0 Å². The van der Waals surface area contributed by atoms with Crippen molar-refractivity contribution in [1.82, 2.24) is 5.32 Å². The van der Waals surface area contributed by atoms with E-state index in [2.05, 4.69) is 51.2 Å². The van der Waals surface area contributed by atoms with E-state index in [9.17, 15) is 0 Å². The maximum atomic E-state index is 5.38. The van der Waals surface area contributed by atoms with E-state index in [0.29, 0.717) is 11.5 Å². The van der Waals surface area contributed by atoms with Crippen molar-refractivity contribution in [1.29, 1.82) is 0 Å². The Labute approximate surface area is 117 Å². The molecule has 1 aliphatic carbocycles. The van der Waals surface area contributed by atoms with Gasteiger partial charge in [0.1, 0.15) is 5.75 Å². The van der Waals surface area contributed by atoms with Gasteiger partial charge in [0, 0.05) is 18.0 Å². The summed E-state index contributed by atoms with van der Waals surface area (Å²) in [7, 11) is 1.74. The average Bonchev–Trinajstić information content (AvgIpc) is 2.33. The lowest BCUT2D eigenvalue weighted by atomic mass is 9.52. The van der Waals surface area contributed by atoms with E-state index in [4.69, 9.17) is 4.74 Å². The molecule has 0 unspecified atom stereocenters. The second-order valence-electron chi connectivity index (χ2n) is 7.07. The molecular weight excluding hydrogens is 234 g/mol. The normalized spacial score (nSPS) is 20.1. The molecule has 0 bridgehead atoms. The van der Waals surface area contributed by atoms with Crippen LogP contribution in [0.25, 0.3) is 0 Å². The first-order valence-corrected chi connectivity index (χ1v) is 7.25. The minimum absolute atomic E-state index is 0.280. The van der Waals surface area contributed by atoms with Crippen molar-refractivity contribution in [3.8, 4) is 5.75 Å². The van der Waals surface area contributed by atoms with Gasteiger partial charge in [-0.25, -0.2) is 0 Å². The molecule has 1 N–H and O–H groups in total. The van der Waals surface area contributed by atoms with E-state index in [1.165, 1.54) is 18.4 Å². The number of rotatable bonds is 5. The Kier molecular flexibility index (Phi) is 3.91. The van der Waals surface area contributed by atoms with Crippen molar-refractivity contribution in [3.63, 3.8) is 0 Å². The molecule has 0 aliphatic heterocycles. The van der Waals surface area contributed by atoms with Crippen LogP contribution in [0.4, 0.5) is 0 Å². The van der Waals surface area contributed by atoms with Crippen LogP contribution in [0.1, 0.15) is 46.1 Å². The zero-order valence-electron chi connectivity index (χ0n) is 12.9. The van der Waals surface area contributed by atoms with Crippen molar-refractivity contribution in [2.45, 2.75) is 52.0 Å². The molecule has 2 nitrogen and oxygen atoms in total. The van der Waals surface area contributed by atoms with Crippen molar-refractivity contribution >= 4 is 0 Å². The van der Waals surface area contributed by atoms with Gasteiger partial charge in [-0.05, 0) is 36.0 Å². The Bertz CT molecular complexity index is 429. The second-order valence-corrected chi connectivity index (χ2v) is 7.07. The predicted octanol–water partition coefficient (Wildman–Crippen LogP) is 3.75. The number of methoxy groups -OCH3 is 1. The van der Waals surface area contributed by atoms with Crippen LogP contribution in [0.2, 0.25) is 0 Å². The Morgan fingerprint density at radius 3 is 2.47 bits per heavy atom. The van der Waals surface area contributed by atoms with E-state index in [1.807, 2.05) is 6.07 Å². The molecule has 1 aromatic rings. The van der Waals surface area contributed by atoms with Crippen LogP contribution in [0.5, 0.6) is 5.75 Å². The molecule has 0 spiro atoms. The molecule has 0 radical (unpaired) electrons. The number of hydrogen-bond donors (Lipinski definition) is 1. The van der Waals surface area contributed by atoms with Gasteiger partial charge >= 0.3 is 0 Å². The third-order valence-electron chi connectivity index (χ3n) is 4.16. The topological polar surface area (TPSA) is 21.3 Å². The highest BCUT2D eigenvalue weighted by Crippen LogP contribution is 2.55. The molecule has 0 aromatic heterocycles. The molecule has 2 heteroatoms. The molecule has 1 aromatic carbocycles. The predicted molar refractivity (Wildman–Crippen MR) is 80.8 cm³/mol. The van der Waals surface area contributed by atoms with E-state index in [-0.39, 0.29) is 5.41 Å². The van der Waals surface area contributed by atoms with E-state index in [1.54, 1.807) is 7.11 Å². The summed E-state index contributed by atoms with van der Waals surface area (Å²) in [6.45, 7) is 10.2. The monoisotopic (exact) mass is 261 g/mol. The molecular formula is C17H27NO. The van der Waals surface area contributed by atoms with Crippen molar-refractivity contribution in [2.75, 3.05) is 13.7 Å². The minimum atomic E-state index is 0.280. The Morgan fingerprint density at radius 1 is 1.26 bits per heavy atom. The standard InChI is InChI=1S/C17H27NO/c1-13(2)18-12-17(10-16(3,4)11-17)14-7-6-8-15(9-14)19-5/h6-9,13,18H,10-12H2,1-5H3. The number of hydrogen-bond acceptors (Lipinski definition) is 2. The first-order chi connectivity index (χ1) is 8.87. The largest absolute Gasteiger partial charge is 0.497 e. The number of nitrogens with one attached hydrogen (secondary N) is 1. The van der Waals surface area contributed by atoms with Crippen LogP contribution in [-0.2, 0) is 5.41 Å². The lowest BCUT2D eigenvalue weighted by Gasteiger charge is -2.54. The highest BCUT2D eigenvalue weighted by molar-refractivity contribution is 5.37. The van der Waals surface area contributed by atoms with Crippen LogP contribution in [0, 0.1) is 5.41 Å². The first-order valence-electron chi connectivity index (χ1n) is 7.25. The molecule has 1 fully saturated rings. The SMILES string of the molecule is COc1cccc(C2(CNC(C)C)CC(C)(C)C2)c1. The molecule has 19 heavy (non-hydrogen) atoms. The molecule has 106 valence electrons. The van der Waals surface area contributed by atoms with Gasteiger partial charge in [0.15, 0.2) is 0 Å². The Hall–Kier alpha value is -1.02. The van der Waals surface area contributed by atoms with Crippen LogP contribution in [0.3, 0.4) is 0 Å². The van der Waals surface area contributed by atoms with Crippen LogP contribution >= 0.6 is 0 Å². The minimum Gasteiger partial charge on any atom is -0.497 e. The first kappa shape index (κ1) is 14.4.